The van der Waals surface area contributed by atoms with E-state index in [0.29, 0.717) is 33.5 Å². The number of rotatable bonds is 7. The molecule has 0 bridgehead atoms. The second-order valence-electron chi connectivity index (χ2n) is 6.49. The van der Waals surface area contributed by atoms with Crippen molar-refractivity contribution in [3.8, 4) is 11.5 Å². The van der Waals surface area contributed by atoms with Gasteiger partial charge in [0.2, 0.25) is 5.91 Å². The van der Waals surface area contributed by atoms with Crippen molar-refractivity contribution in [2.24, 2.45) is 0 Å². The molecule has 2 amide bonds. The van der Waals surface area contributed by atoms with E-state index in [9.17, 15) is 9.59 Å². The predicted octanol–water partition coefficient (Wildman–Crippen LogP) is 5.14. The lowest BCUT2D eigenvalue weighted by atomic mass is 10.1. The van der Waals surface area contributed by atoms with Crippen molar-refractivity contribution in [1.29, 1.82) is 0 Å². The summed E-state index contributed by atoms with van der Waals surface area (Å²) in [5.41, 5.74) is 2.34. The highest BCUT2D eigenvalue weighted by molar-refractivity contribution is 6.30. The third-order valence-corrected chi connectivity index (χ3v) is 4.41. The molecule has 0 atom stereocenters. The third kappa shape index (κ3) is 5.75. The zero-order valence-corrected chi connectivity index (χ0v) is 17.3. The Morgan fingerprint density at radius 2 is 1.67 bits per heavy atom. The number of nitrogens with one attached hydrogen (secondary N) is 2. The molecular weight excluding hydrogens is 404 g/mol. The van der Waals surface area contributed by atoms with E-state index in [1.54, 1.807) is 73.8 Å². The van der Waals surface area contributed by atoms with Crippen LogP contribution in [0.15, 0.2) is 66.7 Å². The van der Waals surface area contributed by atoms with E-state index >= 15 is 0 Å². The molecule has 0 fully saturated rings. The lowest BCUT2D eigenvalue weighted by molar-refractivity contribution is -0.114. The Morgan fingerprint density at radius 3 is 2.37 bits per heavy atom. The Kier molecular flexibility index (Phi) is 6.93. The summed E-state index contributed by atoms with van der Waals surface area (Å²) in [5, 5.41) is 6.09. The number of amides is 2. The lowest BCUT2D eigenvalue weighted by Crippen LogP contribution is -2.13. The maximum atomic E-state index is 12.7. The molecule has 0 aliphatic rings. The van der Waals surface area contributed by atoms with Crippen molar-refractivity contribution in [1.82, 2.24) is 0 Å². The summed E-state index contributed by atoms with van der Waals surface area (Å²) in [6.45, 7) is 1.64. The van der Waals surface area contributed by atoms with Gasteiger partial charge in [-0.3, -0.25) is 9.59 Å². The molecule has 0 spiro atoms. The van der Waals surface area contributed by atoms with E-state index in [4.69, 9.17) is 21.1 Å². The van der Waals surface area contributed by atoms with E-state index in [2.05, 4.69) is 10.6 Å². The van der Waals surface area contributed by atoms with Crippen molar-refractivity contribution in [3.63, 3.8) is 0 Å². The number of halogens is 1. The highest BCUT2D eigenvalue weighted by atomic mass is 35.5. The van der Waals surface area contributed by atoms with Crippen LogP contribution in [0.3, 0.4) is 0 Å². The molecule has 3 rings (SSSR count). The van der Waals surface area contributed by atoms with Crippen molar-refractivity contribution >= 4 is 34.8 Å². The molecule has 154 valence electrons. The molecule has 6 nitrogen and oxygen atoms in total. The molecule has 0 aliphatic heterocycles. The van der Waals surface area contributed by atoms with Crippen LogP contribution in [0.5, 0.6) is 11.5 Å². The molecule has 0 heterocycles. The van der Waals surface area contributed by atoms with Gasteiger partial charge in [-0.2, -0.15) is 0 Å². The zero-order valence-electron chi connectivity index (χ0n) is 16.6. The molecule has 0 saturated carbocycles. The fraction of sp³-hybridized carbons (Fsp3) is 0.130. The summed E-state index contributed by atoms with van der Waals surface area (Å²) < 4.78 is 11.2. The quantitative estimate of drug-likeness (QED) is 0.550. The fourth-order valence-electron chi connectivity index (χ4n) is 2.83. The van der Waals surface area contributed by atoms with Gasteiger partial charge in [-0.25, -0.2) is 0 Å². The maximum absolute atomic E-state index is 12.7. The number of methoxy groups -OCH3 is 1. The number of carbonyl (C=O) groups is 2. The van der Waals surface area contributed by atoms with Gasteiger partial charge in [-0.1, -0.05) is 23.7 Å². The predicted molar refractivity (Wildman–Crippen MR) is 117 cm³/mol. The van der Waals surface area contributed by atoms with Crippen molar-refractivity contribution < 1.29 is 19.1 Å². The lowest BCUT2D eigenvalue weighted by Gasteiger charge is -2.13. The molecule has 3 aromatic carbocycles. The van der Waals surface area contributed by atoms with Gasteiger partial charge in [0.25, 0.3) is 5.91 Å². The molecule has 0 aromatic heterocycles. The molecule has 0 radical (unpaired) electrons. The van der Waals surface area contributed by atoms with E-state index in [1.807, 2.05) is 0 Å². The van der Waals surface area contributed by atoms with Crippen molar-refractivity contribution in [2.75, 3.05) is 17.7 Å². The maximum Gasteiger partial charge on any atom is 0.255 e. The average Bonchev–Trinajstić information content (AvgIpc) is 2.72. The van der Waals surface area contributed by atoms with E-state index in [-0.39, 0.29) is 18.4 Å². The average molecular weight is 425 g/mol. The first-order valence-electron chi connectivity index (χ1n) is 9.19. The Morgan fingerprint density at radius 1 is 0.933 bits per heavy atom. The van der Waals surface area contributed by atoms with Crippen LogP contribution in [0.25, 0.3) is 0 Å². The Bertz CT molecular complexity index is 1070. The van der Waals surface area contributed by atoms with Crippen molar-refractivity contribution in [2.45, 2.75) is 13.5 Å². The molecule has 0 aliphatic carbocycles. The van der Waals surface area contributed by atoms with Gasteiger partial charge in [-0.15, -0.1) is 0 Å². The van der Waals surface area contributed by atoms with E-state index in [1.165, 1.54) is 6.92 Å². The first-order chi connectivity index (χ1) is 14.4. The standard InChI is InChI=1S/C23H21ClN2O4/c1-15(27)25-19-6-4-7-20(13-19)26-23(28)16-9-10-22(29-2)17(11-16)14-30-21-8-3-5-18(24)12-21/h3-13H,14H2,1-2H3,(H,25,27)(H,26,28). The number of hydrogen-bond acceptors (Lipinski definition) is 4. The summed E-state index contributed by atoms with van der Waals surface area (Å²) in [5.74, 6) is 0.759. The Labute approximate surface area is 179 Å². The minimum absolute atomic E-state index is 0.182. The minimum Gasteiger partial charge on any atom is -0.496 e. The van der Waals surface area contributed by atoms with Gasteiger partial charge < -0.3 is 20.1 Å². The summed E-state index contributed by atoms with van der Waals surface area (Å²) in [6, 6.07) is 19.1. The number of ether oxygens (including phenoxy) is 2. The molecule has 2 N–H and O–H groups in total. The first-order valence-corrected chi connectivity index (χ1v) is 9.56. The van der Waals surface area contributed by atoms with Crippen LogP contribution in [0.1, 0.15) is 22.8 Å². The van der Waals surface area contributed by atoms with Crippen LogP contribution < -0.4 is 20.1 Å². The van der Waals surface area contributed by atoms with Crippen LogP contribution in [-0.4, -0.2) is 18.9 Å². The largest absolute Gasteiger partial charge is 0.496 e. The topological polar surface area (TPSA) is 76.7 Å². The monoisotopic (exact) mass is 424 g/mol. The van der Waals surface area contributed by atoms with Gasteiger partial charge in [0.15, 0.2) is 0 Å². The van der Waals surface area contributed by atoms with Crippen LogP contribution in [-0.2, 0) is 11.4 Å². The number of anilines is 2. The van der Waals surface area contributed by atoms with Crippen molar-refractivity contribution in [3.05, 3.63) is 82.9 Å². The van der Waals surface area contributed by atoms with Crippen LogP contribution >= 0.6 is 11.6 Å². The smallest absolute Gasteiger partial charge is 0.255 e. The highest BCUT2D eigenvalue weighted by Gasteiger charge is 2.12. The van der Waals surface area contributed by atoms with Gasteiger partial charge in [0, 0.05) is 34.4 Å². The van der Waals surface area contributed by atoms with Crippen LogP contribution in [0, 0.1) is 0 Å². The first kappa shape index (κ1) is 21.2. The molecule has 0 saturated heterocycles. The summed E-state index contributed by atoms with van der Waals surface area (Å²) in [7, 11) is 1.56. The fourth-order valence-corrected chi connectivity index (χ4v) is 3.01. The second kappa shape index (κ2) is 9.80. The van der Waals surface area contributed by atoms with E-state index < -0.39 is 0 Å². The normalized spacial score (nSPS) is 10.2. The van der Waals surface area contributed by atoms with E-state index in [0.717, 1.165) is 5.56 Å². The second-order valence-corrected chi connectivity index (χ2v) is 6.93. The number of carbonyl (C=O) groups excluding carboxylic acids is 2. The highest BCUT2D eigenvalue weighted by Crippen LogP contribution is 2.24. The van der Waals surface area contributed by atoms with Gasteiger partial charge >= 0.3 is 0 Å². The van der Waals surface area contributed by atoms with Gasteiger partial charge in [0.1, 0.15) is 18.1 Å². The molecule has 7 heteroatoms. The van der Waals surface area contributed by atoms with Gasteiger partial charge in [0.05, 0.1) is 7.11 Å². The number of hydrogen-bond donors (Lipinski definition) is 2. The zero-order chi connectivity index (χ0) is 21.5. The molecule has 30 heavy (non-hydrogen) atoms. The Balaban J connectivity index is 1.75. The SMILES string of the molecule is COc1ccc(C(=O)Nc2cccc(NC(C)=O)c2)cc1COc1cccc(Cl)c1. The minimum atomic E-state index is -0.290. The summed E-state index contributed by atoms with van der Waals surface area (Å²) in [6.07, 6.45) is 0. The Hall–Kier alpha value is -3.51. The molecule has 3 aromatic rings. The number of benzene rings is 3. The van der Waals surface area contributed by atoms with Crippen LogP contribution in [0.2, 0.25) is 5.02 Å². The summed E-state index contributed by atoms with van der Waals surface area (Å²) >= 11 is 5.99. The molecule has 0 unspecified atom stereocenters. The molecular formula is C23H21ClN2O4. The van der Waals surface area contributed by atoms with Crippen LogP contribution in [0.4, 0.5) is 11.4 Å². The summed E-state index contributed by atoms with van der Waals surface area (Å²) in [4.78, 5) is 23.9. The third-order valence-electron chi connectivity index (χ3n) is 4.17. The van der Waals surface area contributed by atoms with Gasteiger partial charge in [-0.05, 0) is 54.6 Å².